The minimum atomic E-state index is 1.15. The predicted octanol–water partition coefficient (Wildman–Crippen LogP) is 5.59. The molecule has 0 heterocycles. The highest BCUT2D eigenvalue weighted by molar-refractivity contribution is 5.25. The summed E-state index contributed by atoms with van der Waals surface area (Å²) in [4.78, 5) is 0. The molecule has 0 radical (unpaired) electrons. The Morgan fingerprint density at radius 2 is 1.88 bits per heavy atom. The van der Waals surface area contributed by atoms with E-state index in [2.05, 4.69) is 46.4 Å². The van der Waals surface area contributed by atoms with Crippen molar-refractivity contribution in [2.45, 2.75) is 53.4 Å². The smallest absolute Gasteiger partial charge is 0.0312 e. The van der Waals surface area contributed by atoms with Crippen LogP contribution in [0.4, 0.5) is 0 Å². The van der Waals surface area contributed by atoms with Crippen LogP contribution in [0.3, 0.4) is 0 Å². The summed E-state index contributed by atoms with van der Waals surface area (Å²) in [5.74, 6) is 0. The summed E-state index contributed by atoms with van der Waals surface area (Å²) in [5, 5.41) is 0. The second-order valence-electron chi connectivity index (χ2n) is 4.22. The molecule has 0 nitrogen and oxygen atoms in total. The standard InChI is InChI=1S/C16H26/c1-6-9-12-15(5)16(8-3)13-10-11-14(4)7-2/h6-7,9,12H,1,8,10-11,13H2,2-5H3. The van der Waals surface area contributed by atoms with Gasteiger partial charge in [0.05, 0.1) is 0 Å². The average Bonchev–Trinajstić information content (AvgIpc) is 2.31. The second-order valence-corrected chi connectivity index (χ2v) is 4.22. The van der Waals surface area contributed by atoms with Crippen LogP contribution < -0.4 is 0 Å². The Kier molecular flexibility index (Phi) is 8.61. The molecule has 0 saturated heterocycles. The molecule has 0 aliphatic carbocycles. The van der Waals surface area contributed by atoms with Crippen molar-refractivity contribution in [3.63, 3.8) is 0 Å². The van der Waals surface area contributed by atoms with Crippen LogP contribution in [-0.4, -0.2) is 0 Å². The number of rotatable bonds is 7. The zero-order chi connectivity index (χ0) is 12.4. The van der Waals surface area contributed by atoms with Gasteiger partial charge in [-0.05, 0) is 46.5 Å². The molecule has 0 saturated carbocycles. The largest absolute Gasteiger partial charge is 0.0991 e. The lowest BCUT2D eigenvalue weighted by atomic mass is 9.99. The Bertz CT molecular complexity index is 287. The molecule has 16 heavy (non-hydrogen) atoms. The van der Waals surface area contributed by atoms with Crippen molar-refractivity contribution in [1.29, 1.82) is 0 Å². The molecule has 0 aromatic heterocycles. The van der Waals surface area contributed by atoms with Gasteiger partial charge in [-0.25, -0.2) is 0 Å². The maximum atomic E-state index is 3.70. The number of hydrogen-bond donors (Lipinski definition) is 0. The van der Waals surface area contributed by atoms with E-state index in [0.29, 0.717) is 0 Å². The van der Waals surface area contributed by atoms with Crippen LogP contribution in [0.15, 0.2) is 47.6 Å². The number of hydrogen-bond acceptors (Lipinski definition) is 0. The molecule has 0 amide bonds. The van der Waals surface area contributed by atoms with Gasteiger partial charge in [-0.15, -0.1) is 0 Å². The first-order chi connectivity index (χ1) is 7.65. The van der Waals surface area contributed by atoms with Gasteiger partial charge in [0, 0.05) is 0 Å². The lowest BCUT2D eigenvalue weighted by Crippen LogP contribution is -1.88. The fraction of sp³-hybridized carbons (Fsp3) is 0.500. The highest BCUT2D eigenvalue weighted by Gasteiger charge is 1.98. The molecule has 0 atom stereocenters. The van der Waals surface area contributed by atoms with E-state index in [4.69, 9.17) is 0 Å². The summed E-state index contributed by atoms with van der Waals surface area (Å²) in [6, 6.07) is 0. The summed E-state index contributed by atoms with van der Waals surface area (Å²) in [7, 11) is 0. The van der Waals surface area contributed by atoms with Gasteiger partial charge in [0.25, 0.3) is 0 Å². The van der Waals surface area contributed by atoms with Crippen LogP contribution in [0.5, 0.6) is 0 Å². The maximum absolute atomic E-state index is 3.70. The van der Waals surface area contributed by atoms with Gasteiger partial charge in [0.15, 0.2) is 0 Å². The van der Waals surface area contributed by atoms with Crippen LogP contribution in [0.2, 0.25) is 0 Å². The van der Waals surface area contributed by atoms with E-state index in [-0.39, 0.29) is 0 Å². The van der Waals surface area contributed by atoms with Crippen LogP contribution in [-0.2, 0) is 0 Å². The lowest BCUT2D eigenvalue weighted by molar-refractivity contribution is 0.773. The van der Waals surface area contributed by atoms with Crippen molar-refractivity contribution in [3.8, 4) is 0 Å². The molecule has 0 aromatic carbocycles. The minimum absolute atomic E-state index is 1.15. The van der Waals surface area contributed by atoms with Crippen molar-refractivity contribution in [1.82, 2.24) is 0 Å². The molecular weight excluding hydrogens is 192 g/mol. The van der Waals surface area contributed by atoms with Crippen molar-refractivity contribution >= 4 is 0 Å². The molecule has 0 aromatic rings. The number of allylic oxidation sites excluding steroid dienone is 7. The molecule has 0 aliphatic heterocycles. The summed E-state index contributed by atoms with van der Waals surface area (Å²) in [6.07, 6.45) is 13.1. The lowest BCUT2D eigenvalue weighted by Gasteiger charge is -2.08. The third-order valence-electron chi connectivity index (χ3n) is 3.01. The zero-order valence-electron chi connectivity index (χ0n) is 11.3. The first-order valence-electron chi connectivity index (χ1n) is 6.25. The maximum Gasteiger partial charge on any atom is -0.0312 e. The summed E-state index contributed by atoms with van der Waals surface area (Å²) < 4.78 is 0. The highest BCUT2D eigenvalue weighted by atomic mass is 14.0. The molecule has 90 valence electrons. The van der Waals surface area contributed by atoms with Crippen LogP contribution >= 0.6 is 0 Å². The first-order valence-corrected chi connectivity index (χ1v) is 6.25. The van der Waals surface area contributed by atoms with E-state index in [1.807, 2.05) is 12.2 Å². The fourth-order valence-corrected chi connectivity index (χ4v) is 1.71. The molecule has 0 bridgehead atoms. The van der Waals surface area contributed by atoms with Crippen LogP contribution in [0.25, 0.3) is 0 Å². The van der Waals surface area contributed by atoms with E-state index < -0.39 is 0 Å². The Morgan fingerprint density at radius 1 is 1.19 bits per heavy atom. The highest BCUT2D eigenvalue weighted by Crippen LogP contribution is 2.18. The molecule has 0 rings (SSSR count). The van der Waals surface area contributed by atoms with Crippen molar-refractivity contribution in [2.24, 2.45) is 0 Å². The van der Waals surface area contributed by atoms with Gasteiger partial charge in [-0.2, -0.15) is 0 Å². The Morgan fingerprint density at radius 3 is 2.38 bits per heavy atom. The SMILES string of the molecule is C=CC=CC(C)=C(CC)CCCC(C)=CC. The van der Waals surface area contributed by atoms with Gasteiger partial charge >= 0.3 is 0 Å². The van der Waals surface area contributed by atoms with E-state index in [9.17, 15) is 0 Å². The second kappa shape index (κ2) is 9.21. The van der Waals surface area contributed by atoms with Gasteiger partial charge in [0.1, 0.15) is 0 Å². The third kappa shape index (κ3) is 6.44. The van der Waals surface area contributed by atoms with Gasteiger partial charge < -0.3 is 0 Å². The predicted molar refractivity (Wildman–Crippen MR) is 75.6 cm³/mol. The van der Waals surface area contributed by atoms with E-state index in [0.717, 1.165) is 6.42 Å². The molecule has 0 aliphatic rings. The molecule has 0 heteroatoms. The fourth-order valence-electron chi connectivity index (χ4n) is 1.71. The monoisotopic (exact) mass is 218 g/mol. The van der Waals surface area contributed by atoms with Gasteiger partial charge in [-0.3, -0.25) is 0 Å². The Labute approximate surface area is 101 Å². The van der Waals surface area contributed by atoms with Gasteiger partial charge in [-0.1, -0.05) is 54.5 Å². The van der Waals surface area contributed by atoms with Crippen molar-refractivity contribution in [3.05, 3.63) is 47.6 Å². The third-order valence-corrected chi connectivity index (χ3v) is 3.01. The van der Waals surface area contributed by atoms with E-state index >= 15 is 0 Å². The zero-order valence-corrected chi connectivity index (χ0v) is 11.3. The summed E-state index contributed by atoms with van der Waals surface area (Å²) in [6.45, 7) is 12.5. The first kappa shape index (κ1) is 15.0. The Balaban J connectivity index is 4.29. The minimum Gasteiger partial charge on any atom is -0.0991 e. The van der Waals surface area contributed by atoms with Gasteiger partial charge in [0.2, 0.25) is 0 Å². The quantitative estimate of drug-likeness (QED) is 0.386. The summed E-state index contributed by atoms with van der Waals surface area (Å²) >= 11 is 0. The normalized spacial score (nSPS) is 14.1. The summed E-state index contributed by atoms with van der Waals surface area (Å²) in [5.41, 5.74) is 4.47. The van der Waals surface area contributed by atoms with Crippen molar-refractivity contribution < 1.29 is 0 Å². The topological polar surface area (TPSA) is 0 Å². The van der Waals surface area contributed by atoms with Crippen LogP contribution in [0, 0.1) is 0 Å². The molecule has 0 spiro atoms. The molecule has 0 unspecified atom stereocenters. The molecular formula is C16H26. The molecule has 0 fully saturated rings. The van der Waals surface area contributed by atoms with Crippen molar-refractivity contribution in [2.75, 3.05) is 0 Å². The average molecular weight is 218 g/mol. The molecule has 0 N–H and O–H groups in total. The van der Waals surface area contributed by atoms with E-state index in [1.54, 1.807) is 5.57 Å². The van der Waals surface area contributed by atoms with E-state index in [1.165, 1.54) is 30.4 Å². The Hall–Kier alpha value is -1.04. The van der Waals surface area contributed by atoms with Crippen LogP contribution in [0.1, 0.15) is 53.4 Å².